The molecular formula is C22H22N2O6S. The van der Waals surface area contributed by atoms with Crippen molar-refractivity contribution in [3.63, 3.8) is 0 Å². The van der Waals surface area contributed by atoms with Crippen molar-refractivity contribution in [2.45, 2.75) is 13.5 Å². The highest BCUT2D eigenvalue weighted by Crippen LogP contribution is 2.20. The van der Waals surface area contributed by atoms with Crippen molar-refractivity contribution < 1.29 is 28.6 Å². The predicted octanol–water partition coefficient (Wildman–Crippen LogP) is 3.05. The van der Waals surface area contributed by atoms with E-state index in [4.69, 9.17) is 14.2 Å². The molecule has 0 aliphatic heterocycles. The van der Waals surface area contributed by atoms with Crippen LogP contribution < -0.4 is 4.80 Å². The SMILES string of the molecule is CCOC(=O)c1ccc2c(c1)sc(=NC(=O)c1ccccc1C(=O)OC)n2CCOC. The minimum absolute atomic E-state index is 0.146. The lowest BCUT2D eigenvalue weighted by atomic mass is 10.1. The van der Waals surface area contributed by atoms with E-state index in [1.54, 1.807) is 44.4 Å². The minimum Gasteiger partial charge on any atom is -0.465 e. The van der Waals surface area contributed by atoms with Crippen molar-refractivity contribution in [3.05, 3.63) is 64.0 Å². The smallest absolute Gasteiger partial charge is 0.338 e. The van der Waals surface area contributed by atoms with Crippen molar-refractivity contribution in [3.8, 4) is 0 Å². The second-order valence-corrected chi connectivity index (χ2v) is 7.40. The van der Waals surface area contributed by atoms with E-state index in [9.17, 15) is 14.4 Å². The number of esters is 2. The molecule has 3 aromatic rings. The number of hydrogen-bond donors (Lipinski definition) is 0. The van der Waals surface area contributed by atoms with Gasteiger partial charge in [-0.3, -0.25) is 4.79 Å². The van der Waals surface area contributed by atoms with E-state index in [0.717, 1.165) is 10.2 Å². The number of hydrogen-bond acceptors (Lipinski definition) is 7. The van der Waals surface area contributed by atoms with Crippen molar-refractivity contribution in [1.29, 1.82) is 0 Å². The van der Waals surface area contributed by atoms with Gasteiger partial charge in [0.25, 0.3) is 5.91 Å². The molecule has 0 unspecified atom stereocenters. The summed E-state index contributed by atoms with van der Waals surface area (Å²) in [5.74, 6) is -1.59. The molecular weight excluding hydrogens is 420 g/mol. The van der Waals surface area contributed by atoms with Gasteiger partial charge in [0.05, 0.1) is 47.2 Å². The Balaban J connectivity index is 2.11. The number of ether oxygens (including phenoxy) is 3. The summed E-state index contributed by atoms with van der Waals surface area (Å²) < 4.78 is 17.6. The molecule has 2 aromatic carbocycles. The fraction of sp³-hybridized carbons (Fsp3) is 0.273. The van der Waals surface area contributed by atoms with E-state index in [2.05, 4.69) is 4.99 Å². The molecule has 162 valence electrons. The zero-order valence-corrected chi connectivity index (χ0v) is 18.2. The zero-order valence-electron chi connectivity index (χ0n) is 17.4. The summed E-state index contributed by atoms with van der Waals surface area (Å²) in [4.78, 5) is 41.7. The van der Waals surface area contributed by atoms with Gasteiger partial charge in [0.1, 0.15) is 0 Å². The number of nitrogens with zero attached hydrogens (tertiary/aromatic N) is 2. The van der Waals surface area contributed by atoms with E-state index >= 15 is 0 Å². The molecule has 0 radical (unpaired) electrons. The first-order valence-corrected chi connectivity index (χ1v) is 10.4. The molecule has 0 saturated heterocycles. The molecule has 1 amide bonds. The second-order valence-electron chi connectivity index (χ2n) is 6.39. The molecule has 0 atom stereocenters. The quantitative estimate of drug-likeness (QED) is 0.522. The van der Waals surface area contributed by atoms with Crippen LogP contribution in [0.4, 0.5) is 0 Å². The molecule has 1 heterocycles. The van der Waals surface area contributed by atoms with Gasteiger partial charge in [0, 0.05) is 13.7 Å². The number of amides is 1. The average Bonchev–Trinajstić information content (AvgIpc) is 3.13. The van der Waals surface area contributed by atoms with E-state index < -0.39 is 17.8 Å². The van der Waals surface area contributed by atoms with Gasteiger partial charge < -0.3 is 18.8 Å². The molecule has 1 aromatic heterocycles. The fourth-order valence-corrected chi connectivity index (χ4v) is 4.10. The number of aromatic nitrogens is 1. The normalized spacial score (nSPS) is 11.5. The Hall–Kier alpha value is -3.30. The Kier molecular flexibility index (Phi) is 7.32. The predicted molar refractivity (Wildman–Crippen MR) is 115 cm³/mol. The van der Waals surface area contributed by atoms with Gasteiger partial charge in [-0.2, -0.15) is 4.99 Å². The van der Waals surface area contributed by atoms with Crippen molar-refractivity contribution >= 4 is 39.4 Å². The number of thiazole rings is 1. The number of fused-ring (bicyclic) bond motifs is 1. The number of carbonyl (C=O) groups is 3. The summed E-state index contributed by atoms with van der Waals surface area (Å²) in [6, 6.07) is 11.5. The standard InChI is InChI=1S/C22H22N2O6S/c1-4-30-20(26)14-9-10-17-18(13-14)31-22(24(17)11-12-28-2)23-19(25)15-7-5-6-8-16(15)21(27)29-3/h5-10,13H,4,11-12H2,1-3H3. The Bertz CT molecular complexity index is 1190. The summed E-state index contributed by atoms with van der Waals surface area (Å²) in [5, 5.41) is 0. The van der Waals surface area contributed by atoms with Gasteiger partial charge in [0.2, 0.25) is 0 Å². The van der Waals surface area contributed by atoms with Crippen LogP contribution in [0.15, 0.2) is 47.5 Å². The highest BCUT2D eigenvalue weighted by Gasteiger charge is 2.18. The van der Waals surface area contributed by atoms with Crippen LogP contribution in [0.5, 0.6) is 0 Å². The van der Waals surface area contributed by atoms with Gasteiger partial charge in [-0.05, 0) is 37.3 Å². The van der Waals surface area contributed by atoms with Gasteiger partial charge >= 0.3 is 11.9 Å². The molecule has 8 nitrogen and oxygen atoms in total. The number of rotatable bonds is 7. The van der Waals surface area contributed by atoms with Crippen LogP contribution >= 0.6 is 11.3 Å². The maximum Gasteiger partial charge on any atom is 0.338 e. The van der Waals surface area contributed by atoms with Crippen LogP contribution in [-0.2, 0) is 20.8 Å². The maximum atomic E-state index is 12.9. The van der Waals surface area contributed by atoms with Gasteiger partial charge in [0.15, 0.2) is 4.80 Å². The highest BCUT2D eigenvalue weighted by atomic mass is 32.1. The zero-order chi connectivity index (χ0) is 22.4. The molecule has 0 N–H and O–H groups in total. The van der Waals surface area contributed by atoms with E-state index in [0.29, 0.717) is 23.5 Å². The van der Waals surface area contributed by atoms with Crippen molar-refractivity contribution in [2.75, 3.05) is 27.4 Å². The molecule has 0 bridgehead atoms. The topological polar surface area (TPSA) is 96.2 Å². The third-order valence-electron chi connectivity index (χ3n) is 4.47. The number of benzene rings is 2. The maximum absolute atomic E-state index is 12.9. The lowest BCUT2D eigenvalue weighted by Crippen LogP contribution is -2.20. The Morgan fingerprint density at radius 3 is 2.45 bits per heavy atom. The van der Waals surface area contributed by atoms with E-state index in [-0.39, 0.29) is 17.7 Å². The molecule has 0 saturated carbocycles. The molecule has 0 aliphatic carbocycles. The van der Waals surface area contributed by atoms with Crippen molar-refractivity contribution in [1.82, 2.24) is 4.57 Å². The van der Waals surface area contributed by atoms with Crippen molar-refractivity contribution in [2.24, 2.45) is 4.99 Å². The first kappa shape index (κ1) is 22.4. The summed E-state index contributed by atoms with van der Waals surface area (Å²) in [6.45, 7) is 2.89. The molecule has 9 heteroatoms. The van der Waals surface area contributed by atoms with Crippen LogP contribution in [0.3, 0.4) is 0 Å². The van der Waals surface area contributed by atoms with Crippen LogP contribution in [0, 0.1) is 0 Å². The Labute approximate surface area is 182 Å². The van der Waals surface area contributed by atoms with Crippen LogP contribution in [0.2, 0.25) is 0 Å². The van der Waals surface area contributed by atoms with Crippen LogP contribution in [0.25, 0.3) is 10.2 Å². The lowest BCUT2D eigenvalue weighted by Gasteiger charge is -2.06. The van der Waals surface area contributed by atoms with Gasteiger partial charge in [-0.1, -0.05) is 23.5 Å². The van der Waals surface area contributed by atoms with Crippen LogP contribution in [-0.4, -0.2) is 49.8 Å². The summed E-state index contributed by atoms with van der Waals surface area (Å²) in [6.07, 6.45) is 0. The third kappa shape index (κ3) is 4.89. The van der Waals surface area contributed by atoms with Gasteiger partial charge in [-0.15, -0.1) is 0 Å². The largest absolute Gasteiger partial charge is 0.465 e. The third-order valence-corrected chi connectivity index (χ3v) is 5.51. The summed E-state index contributed by atoms with van der Waals surface area (Å²) in [7, 11) is 2.84. The lowest BCUT2D eigenvalue weighted by molar-refractivity contribution is 0.0525. The summed E-state index contributed by atoms with van der Waals surface area (Å²) >= 11 is 1.26. The Morgan fingerprint density at radius 2 is 1.77 bits per heavy atom. The van der Waals surface area contributed by atoms with E-state index in [1.807, 2.05) is 4.57 Å². The average molecular weight is 442 g/mol. The monoisotopic (exact) mass is 442 g/mol. The van der Waals surface area contributed by atoms with Crippen LogP contribution in [0.1, 0.15) is 38.0 Å². The highest BCUT2D eigenvalue weighted by molar-refractivity contribution is 7.16. The molecule has 31 heavy (non-hydrogen) atoms. The molecule has 0 spiro atoms. The molecule has 0 aliphatic rings. The minimum atomic E-state index is -0.609. The van der Waals surface area contributed by atoms with Gasteiger partial charge in [-0.25, -0.2) is 9.59 Å². The first-order chi connectivity index (χ1) is 15.0. The number of carbonyl (C=O) groups excluding carboxylic acids is 3. The second kappa shape index (κ2) is 10.1. The molecule has 0 fully saturated rings. The Morgan fingerprint density at radius 1 is 1.03 bits per heavy atom. The number of methoxy groups -OCH3 is 2. The van der Waals surface area contributed by atoms with E-state index in [1.165, 1.54) is 30.6 Å². The molecule has 3 rings (SSSR count). The first-order valence-electron chi connectivity index (χ1n) is 9.56. The fourth-order valence-electron chi connectivity index (χ4n) is 3.00. The summed E-state index contributed by atoms with van der Waals surface area (Å²) in [5.41, 5.74) is 1.52.